The lowest BCUT2D eigenvalue weighted by Crippen LogP contribution is -2.26. The van der Waals surface area contributed by atoms with Gasteiger partial charge in [0.1, 0.15) is 5.82 Å². The first-order valence-corrected chi connectivity index (χ1v) is 7.46. The molecule has 0 saturated carbocycles. The van der Waals surface area contributed by atoms with Gasteiger partial charge in [-0.25, -0.2) is 4.98 Å². The van der Waals surface area contributed by atoms with Crippen molar-refractivity contribution in [1.82, 2.24) is 4.98 Å². The number of aromatic nitrogens is 1. The fourth-order valence-corrected chi connectivity index (χ4v) is 3.26. The quantitative estimate of drug-likeness (QED) is 0.893. The van der Waals surface area contributed by atoms with E-state index >= 15 is 0 Å². The number of fused-ring (bicyclic) bond motifs is 1. The van der Waals surface area contributed by atoms with E-state index in [1.54, 1.807) is 16.7 Å². The van der Waals surface area contributed by atoms with Crippen molar-refractivity contribution in [3.8, 4) is 0 Å². The Balaban J connectivity index is 1.84. The van der Waals surface area contributed by atoms with Crippen LogP contribution >= 0.6 is 11.8 Å². The summed E-state index contributed by atoms with van der Waals surface area (Å²) in [5.74, 6) is 1.80. The molecule has 102 valence electrons. The van der Waals surface area contributed by atoms with Crippen LogP contribution in [0.2, 0.25) is 0 Å². The molecule has 3 rings (SSSR count). The van der Waals surface area contributed by atoms with Crippen LogP contribution in [-0.2, 0) is 9.53 Å². The van der Waals surface area contributed by atoms with Crippen LogP contribution in [0.15, 0.2) is 17.2 Å². The van der Waals surface area contributed by atoms with Crippen LogP contribution in [0.1, 0.15) is 12.8 Å². The van der Waals surface area contributed by atoms with Crippen molar-refractivity contribution in [1.29, 1.82) is 0 Å². The van der Waals surface area contributed by atoms with E-state index in [2.05, 4.69) is 10.3 Å². The Morgan fingerprint density at radius 1 is 1.58 bits per heavy atom. The number of carbonyl (C=O) groups is 1. The van der Waals surface area contributed by atoms with Crippen LogP contribution in [0.4, 0.5) is 11.5 Å². The summed E-state index contributed by atoms with van der Waals surface area (Å²) in [5, 5.41) is 3.36. The topological polar surface area (TPSA) is 54.5 Å². The Morgan fingerprint density at radius 2 is 2.47 bits per heavy atom. The highest BCUT2D eigenvalue weighted by molar-refractivity contribution is 7.99. The molecule has 1 saturated heterocycles. The van der Waals surface area contributed by atoms with Gasteiger partial charge in [-0.05, 0) is 6.42 Å². The lowest BCUT2D eigenvalue weighted by Gasteiger charge is -2.19. The van der Waals surface area contributed by atoms with E-state index in [0.29, 0.717) is 12.5 Å². The lowest BCUT2D eigenvalue weighted by atomic mass is 10.2. The summed E-state index contributed by atoms with van der Waals surface area (Å²) in [7, 11) is 1.83. The van der Waals surface area contributed by atoms with Gasteiger partial charge in [0.15, 0.2) is 0 Å². The van der Waals surface area contributed by atoms with Gasteiger partial charge in [-0.15, -0.1) is 11.8 Å². The highest BCUT2D eigenvalue weighted by Gasteiger charge is 2.21. The molecule has 5 nitrogen and oxygen atoms in total. The summed E-state index contributed by atoms with van der Waals surface area (Å²) in [6.07, 6.45) is 3.44. The molecule has 2 aliphatic heterocycles. The van der Waals surface area contributed by atoms with E-state index in [-0.39, 0.29) is 5.91 Å². The second-order valence-electron chi connectivity index (χ2n) is 4.79. The van der Waals surface area contributed by atoms with Gasteiger partial charge < -0.3 is 15.0 Å². The standard InChI is InChI=1S/C13H17N3O2S/c1-16-10-6-12(15-9-2-4-18-8-9)14-7-11(10)19-5-3-13(16)17/h6-7,9H,2-5,8H2,1H3,(H,14,15). The fourth-order valence-electron chi connectivity index (χ4n) is 2.29. The lowest BCUT2D eigenvalue weighted by molar-refractivity contribution is -0.117. The molecule has 0 aromatic carbocycles. The van der Waals surface area contributed by atoms with Crippen LogP contribution in [0, 0.1) is 0 Å². The first-order chi connectivity index (χ1) is 9.24. The highest BCUT2D eigenvalue weighted by atomic mass is 32.2. The molecule has 1 fully saturated rings. The Morgan fingerprint density at radius 3 is 3.26 bits per heavy atom. The predicted octanol–water partition coefficient (Wildman–Crippen LogP) is 1.74. The zero-order valence-electron chi connectivity index (χ0n) is 10.9. The Labute approximate surface area is 116 Å². The number of rotatable bonds is 2. The van der Waals surface area contributed by atoms with Gasteiger partial charge in [0.2, 0.25) is 5.91 Å². The number of hydrogen-bond donors (Lipinski definition) is 1. The number of carbonyl (C=O) groups excluding carboxylic acids is 1. The first-order valence-electron chi connectivity index (χ1n) is 6.48. The van der Waals surface area contributed by atoms with Gasteiger partial charge in [0.25, 0.3) is 0 Å². The first kappa shape index (κ1) is 12.7. The number of hydrogen-bond acceptors (Lipinski definition) is 5. The smallest absolute Gasteiger partial charge is 0.227 e. The number of nitrogens with zero attached hydrogens (tertiary/aromatic N) is 2. The molecule has 1 aromatic heterocycles. The molecule has 19 heavy (non-hydrogen) atoms. The van der Waals surface area contributed by atoms with Crippen LogP contribution in [-0.4, -0.2) is 42.9 Å². The van der Waals surface area contributed by atoms with Crippen LogP contribution in [0.25, 0.3) is 0 Å². The summed E-state index contributed by atoms with van der Waals surface area (Å²) in [6, 6.07) is 2.29. The molecule has 1 atom stereocenters. The maximum absolute atomic E-state index is 11.9. The van der Waals surface area contributed by atoms with Gasteiger partial charge in [-0.3, -0.25) is 4.79 Å². The predicted molar refractivity (Wildman–Crippen MR) is 75.8 cm³/mol. The van der Waals surface area contributed by atoms with Crippen molar-refractivity contribution < 1.29 is 9.53 Å². The van der Waals surface area contributed by atoms with Gasteiger partial charge in [-0.2, -0.15) is 0 Å². The third kappa shape index (κ3) is 2.69. The minimum atomic E-state index is 0.160. The zero-order valence-corrected chi connectivity index (χ0v) is 11.7. The maximum atomic E-state index is 11.9. The third-order valence-corrected chi connectivity index (χ3v) is 4.47. The van der Waals surface area contributed by atoms with Crippen molar-refractivity contribution in [2.24, 2.45) is 0 Å². The Kier molecular flexibility index (Phi) is 3.61. The summed E-state index contributed by atoms with van der Waals surface area (Å²) < 4.78 is 5.34. The van der Waals surface area contributed by atoms with Crippen LogP contribution in [0.5, 0.6) is 0 Å². The fraction of sp³-hybridized carbons (Fsp3) is 0.538. The van der Waals surface area contributed by atoms with Gasteiger partial charge in [-0.1, -0.05) is 0 Å². The van der Waals surface area contributed by atoms with Crippen LogP contribution < -0.4 is 10.2 Å². The van der Waals surface area contributed by atoms with Crippen molar-refractivity contribution in [2.75, 3.05) is 36.2 Å². The Hall–Kier alpha value is -1.27. The molecule has 1 amide bonds. The molecule has 0 bridgehead atoms. The molecule has 0 spiro atoms. The molecule has 1 unspecified atom stereocenters. The van der Waals surface area contributed by atoms with Crippen molar-refractivity contribution in [3.63, 3.8) is 0 Å². The monoisotopic (exact) mass is 279 g/mol. The average Bonchev–Trinajstić information content (AvgIpc) is 2.87. The summed E-state index contributed by atoms with van der Waals surface area (Å²) >= 11 is 1.69. The second kappa shape index (κ2) is 5.38. The average molecular weight is 279 g/mol. The van der Waals surface area contributed by atoms with Crippen molar-refractivity contribution in [3.05, 3.63) is 12.3 Å². The number of thioether (sulfide) groups is 1. The van der Waals surface area contributed by atoms with Gasteiger partial charge in [0.05, 0.1) is 18.3 Å². The van der Waals surface area contributed by atoms with Crippen molar-refractivity contribution in [2.45, 2.75) is 23.8 Å². The Bertz CT molecular complexity index is 489. The number of pyridine rings is 1. The SMILES string of the molecule is CN1C(=O)CCSc2cnc(NC3CCOC3)cc21. The normalized spacial score (nSPS) is 23.1. The van der Waals surface area contributed by atoms with E-state index in [1.807, 2.05) is 19.3 Å². The number of nitrogens with one attached hydrogen (secondary N) is 1. The minimum Gasteiger partial charge on any atom is -0.379 e. The molecular weight excluding hydrogens is 262 g/mol. The van der Waals surface area contributed by atoms with E-state index in [0.717, 1.165) is 41.8 Å². The summed E-state index contributed by atoms with van der Waals surface area (Å²) in [6.45, 7) is 1.53. The minimum absolute atomic E-state index is 0.160. The molecule has 1 aromatic rings. The molecule has 0 aliphatic carbocycles. The maximum Gasteiger partial charge on any atom is 0.227 e. The molecule has 1 N–H and O–H groups in total. The third-order valence-electron chi connectivity index (χ3n) is 3.44. The molecule has 0 radical (unpaired) electrons. The molecule has 6 heteroatoms. The van der Waals surface area contributed by atoms with E-state index in [4.69, 9.17) is 4.74 Å². The summed E-state index contributed by atoms with van der Waals surface area (Å²) in [5.41, 5.74) is 0.948. The van der Waals surface area contributed by atoms with Crippen molar-refractivity contribution >= 4 is 29.2 Å². The van der Waals surface area contributed by atoms with E-state index in [1.165, 1.54) is 0 Å². The molecular formula is C13H17N3O2S. The molecule has 2 aliphatic rings. The second-order valence-corrected chi connectivity index (χ2v) is 5.93. The van der Waals surface area contributed by atoms with E-state index in [9.17, 15) is 4.79 Å². The number of ether oxygens (including phenoxy) is 1. The van der Waals surface area contributed by atoms with Crippen LogP contribution in [0.3, 0.4) is 0 Å². The van der Waals surface area contributed by atoms with Gasteiger partial charge in [0, 0.05) is 43.0 Å². The number of amides is 1. The molecule has 3 heterocycles. The number of anilines is 2. The highest BCUT2D eigenvalue weighted by Crippen LogP contribution is 2.34. The summed E-state index contributed by atoms with van der Waals surface area (Å²) in [4.78, 5) is 19.1. The van der Waals surface area contributed by atoms with Gasteiger partial charge >= 0.3 is 0 Å². The zero-order chi connectivity index (χ0) is 13.2. The largest absolute Gasteiger partial charge is 0.379 e. The van der Waals surface area contributed by atoms with E-state index < -0.39 is 0 Å².